The van der Waals surface area contributed by atoms with Crippen LogP contribution < -0.4 is 20.7 Å². The highest BCUT2D eigenvalue weighted by atomic mass is 79.9. The second-order valence-corrected chi connectivity index (χ2v) is 7.00. The number of halogens is 1. The number of nitrogens with zero attached hydrogens (tertiary/aromatic N) is 2. The van der Waals surface area contributed by atoms with Crippen molar-refractivity contribution >= 4 is 39.0 Å². The van der Waals surface area contributed by atoms with Crippen LogP contribution in [0.2, 0.25) is 0 Å². The van der Waals surface area contributed by atoms with Crippen molar-refractivity contribution in [2.75, 3.05) is 14.2 Å². The molecule has 0 fully saturated rings. The molecular weight excluding hydrogens is 458 g/mol. The molecule has 1 aromatic heterocycles. The summed E-state index contributed by atoms with van der Waals surface area (Å²) >= 11 is 3.39. The maximum absolute atomic E-state index is 12.6. The number of hydrogen-bond donors (Lipinski definition) is 1. The molecule has 0 spiro atoms. The zero-order valence-electron chi connectivity index (χ0n) is 16.3. The number of hydrogen-bond acceptors (Lipinski definition) is 7. The molecule has 1 heterocycles. The van der Waals surface area contributed by atoms with Gasteiger partial charge in [-0.1, -0.05) is 12.1 Å². The molecular formula is C20H18BrN3O6. The average Bonchev–Trinajstić information content (AvgIpc) is 2.74. The van der Waals surface area contributed by atoms with Gasteiger partial charge < -0.3 is 19.2 Å². The topological polar surface area (TPSA) is 112 Å². The van der Waals surface area contributed by atoms with Crippen LogP contribution >= 0.6 is 15.9 Å². The van der Waals surface area contributed by atoms with Gasteiger partial charge in [-0.3, -0.25) is 4.79 Å². The number of methoxy groups -OCH3 is 2. The lowest BCUT2D eigenvalue weighted by Gasteiger charge is -2.16. The molecule has 0 aliphatic heterocycles. The van der Waals surface area contributed by atoms with Crippen LogP contribution in [0.3, 0.4) is 0 Å². The van der Waals surface area contributed by atoms with Crippen molar-refractivity contribution in [1.82, 2.24) is 9.66 Å². The number of para-hydroxylation sites is 1. The van der Waals surface area contributed by atoms with Crippen molar-refractivity contribution < 1.29 is 19.0 Å². The van der Waals surface area contributed by atoms with Crippen LogP contribution in [0.4, 0.5) is 0 Å². The van der Waals surface area contributed by atoms with Crippen LogP contribution in [0.15, 0.2) is 55.6 Å². The number of carbonyl (C=O) groups is 1. The van der Waals surface area contributed by atoms with E-state index >= 15 is 0 Å². The number of esters is 1. The van der Waals surface area contributed by atoms with E-state index in [2.05, 4.69) is 30.8 Å². The Labute approximate surface area is 179 Å². The summed E-state index contributed by atoms with van der Waals surface area (Å²) in [6.07, 6.45) is 0.496. The third kappa shape index (κ3) is 4.28. The van der Waals surface area contributed by atoms with Gasteiger partial charge in [0.2, 0.25) is 0 Å². The van der Waals surface area contributed by atoms with E-state index in [0.29, 0.717) is 32.4 Å². The molecule has 3 aromatic rings. The van der Waals surface area contributed by atoms with E-state index in [0.717, 1.165) is 4.68 Å². The Morgan fingerprint density at radius 2 is 1.93 bits per heavy atom. The van der Waals surface area contributed by atoms with Crippen LogP contribution in [-0.2, 0) is 9.53 Å². The minimum Gasteiger partial charge on any atom is -0.493 e. The lowest BCUT2D eigenvalue weighted by atomic mass is 10.2. The Bertz CT molecular complexity index is 1250. The number of carbonyl (C=O) groups excluding carboxylic acids is 1. The fourth-order valence-corrected chi connectivity index (χ4v) is 3.11. The molecule has 0 saturated carbocycles. The lowest BCUT2D eigenvalue weighted by molar-refractivity contribution is -0.147. The summed E-state index contributed by atoms with van der Waals surface area (Å²) in [4.78, 5) is 39.0. The van der Waals surface area contributed by atoms with Crippen molar-refractivity contribution in [3.05, 3.63) is 67.3 Å². The fourth-order valence-electron chi connectivity index (χ4n) is 2.68. The molecule has 30 heavy (non-hydrogen) atoms. The molecule has 9 nitrogen and oxygen atoms in total. The van der Waals surface area contributed by atoms with Crippen molar-refractivity contribution in [3.8, 4) is 11.5 Å². The number of fused-ring (bicyclic) bond motifs is 1. The van der Waals surface area contributed by atoms with Gasteiger partial charge in [-0.05, 0) is 47.1 Å². The zero-order valence-corrected chi connectivity index (χ0v) is 17.9. The Kier molecular flexibility index (Phi) is 6.36. The van der Waals surface area contributed by atoms with Crippen LogP contribution in [-0.4, -0.2) is 42.2 Å². The van der Waals surface area contributed by atoms with Gasteiger partial charge in [-0.15, -0.1) is 4.68 Å². The Morgan fingerprint density at radius 1 is 1.20 bits per heavy atom. The summed E-state index contributed by atoms with van der Waals surface area (Å²) < 4.78 is 16.8. The summed E-state index contributed by atoms with van der Waals surface area (Å²) in [5, 5.41) is 4.37. The summed E-state index contributed by atoms with van der Waals surface area (Å²) in [7, 11) is 2.71. The van der Waals surface area contributed by atoms with Gasteiger partial charge in [0.25, 0.3) is 5.56 Å². The first-order valence-corrected chi connectivity index (χ1v) is 9.55. The first kappa shape index (κ1) is 21.3. The highest BCUT2D eigenvalue weighted by molar-refractivity contribution is 9.10. The lowest BCUT2D eigenvalue weighted by Crippen LogP contribution is -2.32. The van der Waals surface area contributed by atoms with Crippen LogP contribution in [0.25, 0.3) is 10.9 Å². The van der Waals surface area contributed by atoms with E-state index in [1.807, 2.05) is 0 Å². The fraction of sp³-hybridized carbons (Fsp3) is 0.200. The van der Waals surface area contributed by atoms with Crippen molar-refractivity contribution in [1.29, 1.82) is 0 Å². The van der Waals surface area contributed by atoms with Crippen molar-refractivity contribution in [2.45, 2.75) is 13.0 Å². The second kappa shape index (κ2) is 8.95. The van der Waals surface area contributed by atoms with Crippen molar-refractivity contribution in [2.24, 2.45) is 5.10 Å². The average molecular weight is 476 g/mol. The second-order valence-electron chi connectivity index (χ2n) is 6.15. The Hall–Kier alpha value is -3.40. The third-order valence-corrected chi connectivity index (χ3v) is 4.90. The summed E-state index contributed by atoms with van der Waals surface area (Å²) in [5.74, 6) is 0.101. The number of ether oxygens (including phenoxy) is 3. The molecule has 0 bridgehead atoms. The number of rotatable bonds is 6. The third-order valence-electron chi connectivity index (χ3n) is 4.22. The first-order chi connectivity index (χ1) is 14.3. The van der Waals surface area contributed by atoms with Crippen molar-refractivity contribution in [3.63, 3.8) is 0 Å². The number of aromatic nitrogens is 2. The van der Waals surface area contributed by atoms with Gasteiger partial charge in [0.15, 0.2) is 17.6 Å². The molecule has 1 N–H and O–H groups in total. The molecule has 0 saturated heterocycles. The monoisotopic (exact) mass is 475 g/mol. The largest absolute Gasteiger partial charge is 0.493 e. The molecule has 156 valence electrons. The molecule has 10 heteroatoms. The summed E-state index contributed by atoms with van der Waals surface area (Å²) in [5.41, 5.74) is -0.252. The maximum atomic E-state index is 12.6. The summed E-state index contributed by atoms with van der Waals surface area (Å²) in [6.45, 7) is 1.55. The predicted octanol–water partition coefficient (Wildman–Crippen LogP) is 2.28. The number of nitrogens with one attached hydrogen (secondary N) is 1. The number of benzene rings is 2. The first-order valence-electron chi connectivity index (χ1n) is 8.76. The van der Waals surface area contributed by atoms with Crippen LogP contribution in [0.1, 0.15) is 12.5 Å². The molecule has 0 amide bonds. The smallest absolute Gasteiger partial charge is 0.349 e. The van der Waals surface area contributed by atoms with E-state index in [1.54, 1.807) is 43.3 Å². The minimum atomic E-state index is -0.843. The zero-order chi connectivity index (χ0) is 21.8. The Morgan fingerprint density at radius 3 is 2.63 bits per heavy atom. The molecule has 1 atom stereocenters. The van der Waals surface area contributed by atoms with E-state index in [4.69, 9.17) is 9.47 Å². The molecule has 2 aromatic carbocycles. The number of H-pyrrole nitrogens is 1. The Balaban J connectivity index is 1.99. The highest BCUT2D eigenvalue weighted by Gasteiger charge is 2.18. The maximum Gasteiger partial charge on any atom is 0.349 e. The van der Waals surface area contributed by atoms with Gasteiger partial charge >= 0.3 is 11.7 Å². The van der Waals surface area contributed by atoms with Gasteiger partial charge in [0.05, 0.1) is 31.3 Å². The van der Waals surface area contributed by atoms with Gasteiger partial charge in [0, 0.05) is 10.0 Å². The van der Waals surface area contributed by atoms with Gasteiger partial charge in [-0.25, -0.2) is 9.59 Å². The van der Waals surface area contributed by atoms with Crippen LogP contribution in [0, 0.1) is 0 Å². The number of aromatic amines is 1. The SMILES string of the molecule is COC(=O)[C@H](C)Oc1cc(Br)c(C=Nn2c(=O)[nH]c3ccccc3c2=O)cc1OC. The predicted molar refractivity (Wildman–Crippen MR) is 115 cm³/mol. The van der Waals surface area contributed by atoms with Gasteiger partial charge in [0.1, 0.15) is 0 Å². The van der Waals surface area contributed by atoms with Crippen LogP contribution in [0.5, 0.6) is 11.5 Å². The van der Waals surface area contributed by atoms with E-state index in [-0.39, 0.29) is 0 Å². The highest BCUT2D eigenvalue weighted by Crippen LogP contribution is 2.33. The minimum absolute atomic E-state index is 0.306. The summed E-state index contributed by atoms with van der Waals surface area (Å²) in [6, 6.07) is 9.85. The molecule has 3 rings (SSSR count). The molecule has 0 radical (unpaired) electrons. The molecule has 0 aliphatic carbocycles. The molecule has 0 aliphatic rings. The van der Waals surface area contributed by atoms with Gasteiger partial charge in [-0.2, -0.15) is 5.10 Å². The standard InChI is InChI=1S/C20H18BrN3O6/c1-11(19(26)29-3)30-17-9-14(21)12(8-16(17)28-2)10-22-24-18(25)13-6-4-5-7-15(13)23-20(24)27/h4-11H,1-3H3,(H,23,27)/t11-/m0/s1. The normalized spacial score (nSPS) is 12.1. The quantitative estimate of drug-likeness (QED) is 0.432. The van der Waals surface area contributed by atoms with E-state index < -0.39 is 23.3 Å². The molecule has 0 unspecified atom stereocenters. The van der Waals surface area contributed by atoms with E-state index in [1.165, 1.54) is 20.4 Å². The van der Waals surface area contributed by atoms with E-state index in [9.17, 15) is 14.4 Å².